The Kier molecular flexibility index (Phi) is 4.19. The monoisotopic (exact) mass is 249 g/mol. The summed E-state index contributed by atoms with van der Waals surface area (Å²) in [6.45, 7) is 6.04. The summed E-state index contributed by atoms with van der Waals surface area (Å²) in [5, 5.41) is 0. The van der Waals surface area contributed by atoms with Crippen LogP contribution in [-0.2, 0) is 0 Å². The first-order chi connectivity index (χ1) is 9.22. The van der Waals surface area contributed by atoms with E-state index in [9.17, 15) is 0 Å². The maximum absolute atomic E-state index is 4.04. The summed E-state index contributed by atoms with van der Waals surface area (Å²) in [5.41, 5.74) is 4.59. The Morgan fingerprint density at radius 3 is 2.11 bits per heavy atom. The fraction of sp³-hybridized carbons (Fsp3) is 0.111. The minimum atomic E-state index is 0.981. The van der Waals surface area contributed by atoms with Crippen LogP contribution in [0.2, 0.25) is 0 Å². The highest BCUT2D eigenvalue weighted by Gasteiger charge is 2.03. The lowest BCUT2D eigenvalue weighted by molar-refractivity contribution is 1.14. The molecule has 96 valence electrons. The van der Waals surface area contributed by atoms with Gasteiger partial charge in [0, 0.05) is 18.4 Å². The molecular weight excluding hydrogens is 230 g/mol. The van der Waals surface area contributed by atoms with Gasteiger partial charge in [-0.25, -0.2) is 0 Å². The maximum Gasteiger partial charge on any atom is 0.0408 e. The quantitative estimate of drug-likeness (QED) is 0.698. The fourth-order valence-corrected chi connectivity index (χ4v) is 1.98. The van der Waals surface area contributed by atoms with E-state index in [1.165, 1.54) is 11.1 Å². The van der Waals surface area contributed by atoms with Gasteiger partial charge in [-0.05, 0) is 36.3 Å². The van der Waals surface area contributed by atoms with Crippen LogP contribution < -0.4 is 4.90 Å². The van der Waals surface area contributed by atoms with Gasteiger partial charge in [-0.2, -0.15) is 0 Å². The lowest BCUT2D eigenvalue weighted by Crippen LogP contribution is -2.13. The number of hydrogen-bond donors (Lipinski definition) is 0. The molecule has 1 heteroatoms. The van der Waals surface area contributed by atoms with Crippen LogP contribution in [0.4, 0.5) is 5.69 Å². The molecule has 2 rings (SSSR count). The predicted molar refractivity (Wildman–Crippen MR) is 84.2 cm³/mol. The van der Waals surface area contributed by atoms with Crippen molar-refractivity contribution in [2.45, 2.75) is 6.92 Å². The Balaban J connectivity index is 2.22. The van der Waals surface area contributed by atoms with Gasteiger partial charge in [0.2, 0.25) is 0 Å². The van der Waals surface area contributed by atoms with Gasteiger partial charge in [0.1, 0.15) is 0 Å². The van der Waals surface area contributed by atoms with E-state index in [1.807, 2.05) is 32.2 Å². The summed E-state index contributed by atoms with van der Waals surface area (Å²) in [5.74, 6) is 0. The first kappa shape index (κ1) is 13.2. The summed E-state index contributed by atoms with van der Waals surface area (Å²) in [7, 11) is 2.03. The lowest BCUT2D eigenvalue weighted by Gasteiger charge is -2.19. The van der Waals surface area contributed by atoms with Crippen molar-refractivity contribution in [2.75, 3.05) is 11.9 Å². The third-order valence-corrected chi connectivity index (χ3v) is 3.15. The molecule has 0 atom stereocenters. The van der Waals surface area contributed by atoms with Gasteiger partial charge in [-0.1, -0.05) is 55.1 Å². The van der Waals surface area contributed by atoms with Gasteiger partial charge in [0.05, 0.1) is 0 Å². The van der Waals surface area contributed by atoms with Crippen LogP contribution in [0.3, 0.4) is 0 Å². The molecular formula is C18H19N. The molecule has 0 aromatic heterocycles. The van der Waals surface area contributed by atoms with E-state index in [0.717, 1.165) is 11.4 Å². The van der Waals surface area contributed by atoms with Crippen molar-refractivity contribution in [3.63, 3.8) is 0 Å². The van der Waals surface area contributed by atoms with Crippen LogP contribution in [0, 0.1) is 0 Å². The van der Waals surface area contributed by atoms with Crippen LogP contribution in [0.15, 0.2) is 79.0 Å². The van der Waals surface area contributed by atoms with E-state index < -0.39 is 0 Å². The highest BCUT2D eigenvalue weighted by Crippen LogP contribution is 2.23. The summed E-state index contributed by atoms with van der Waals surface area (Å²) < 4.78 is 0. The molecule has 0 bridgehead atoms. The van der Waals surface area contributed by atoms with Crippen LogP contribution in [0.5, 0.6) is 0 Å². The van der Waals surface area contributed by atoms with Crippen LogP contribution in [-0.4, -0.2) is 7.05 Å². The van der Waals surface area contributed by atoms with E-state index in [0.29, 0.717) is 0 Å². The molecule has 19 heavy (non-hydrogen) atoms. The number of hydrogen-bond acceptors (Lipinski definition) is 1. The van der Waals surface area contributed by atoms with E-state index in [4.69, 9.17) is 0 Å². The van der Waals surface area contributed by atoms with E-state index >= 15 is 0 Å². The molecule has 0 aliphatic rings. The summed E-state index contributed by atoms with van der Waals surface area (Å²) in [4.78, 5) is 2.08. The minimum absolute atomic E-state index is 0.981. The van der Waals surface area contributed by atoms with Crippen molar-refractivity contribution in [3.8, 4) is 11.1 Å². The molecule has 0 spiro atoms. The van der Waals surface area contributed by atoms with E-state index in [2.05, 4.69) is 60.0 Å². The second kappa shape index (κ2) is 6.05. The highest BCUT2D eigenvalue weighted by molar-refractivity contribution is 5.67. The molecule has 1 nitrogen and oxygen atoms in total. The molecule has 0 aliphatic heterocycles. The number of allylic oxidation sites excluding steroid dienone is 2. The summed E-state index contributed by atoms with van der Waals surface area (Å²) in [6, 6.07) is 18.9. The molecule has 0 saturated carbocycles. The Hall–Kier alpha value is -2.28. The number of benzene rings is 2. The number of anilines is 1. The van der Waals surface area contributed by atoms with E-state index in [-0.39, 0.29) is 0 Å². The zero-order chi connectivity index (χ0) is 13.7. The standard InChI is InChI=1S/C18H19N/c1-4-8-15(2)19(3)18-13-11-17(12-14-18)16-9-6-5-7-10-16/h4-14H,2H2,1,3H3/b8-4-. The maximum atomic E-state index is 4.04. The van der Waals surface area contributed by atoms with Crippen LogP contribution in [0.1, 0.15) is 6.92 Å². The third-order valence-electron chi connectivity index (χ3n) is 3.15. The Morgan fingerprint density at radius 1 is 0.947 bits per heavy atom. The predicted octanol–water partition coefficient (Wildman–Crippen LogP) is 4.88. The molecule has 0 aliphatic carbocycles. The van der Waals surface area contributed by atoms with Gasteiger partial charge in [-0.3, -0.25) is 0 Å². The van der Waals surface area contributed by atoms with Gasteiger partial charge in [0.25, 0.3) is 0 Å². The third kappa shape index (κ3) is 3.14. The normalized spacial score (nSPS) is 10.6. The number of likely N-dealkylation sites (N-methyl/N-ethyl adjacent to an activating group) is 1. The second-order valence-electron chi connectivity index (χ2n) is 4.46. The molecule has 0 N–H and O–H groups in total. The topological polar surface area (TPSA) is 3.24 Å². The molecule has 0 saturated heterocycles. The first-order valence-electron chi connectivity index (χ1n) is 6.43. The Labute approximate surface area is 115 Å². The average molecular weight is 249 g/mol. The zero-order valence-corrected chi connectivity index (χ0v) is 11.5. The highest BCUT2D eigenvalue weighted by atomic mass is 15.1. The minimum Gasteiger partial charge on any atom is -0.345 e. The summed E-state index contributed by atoms with van der Waals surface area (Å²) in [6.07, 6.45) is 4.00. The van der Waals surface area contributed by atoms with Gasteiger partial charge >= 0.3 is 0 Å². The number of nitrogens with zero attached hydrogens (tertiary/aromatic N) is 1. The van der Waals surface area contributed by atoms with Crippen molar-refractivity contribution >= 4 is 5.69 Å². The number of rotatable bonds is 4. The molecule has 2 aromatic carbocycles. The molecule has 2 aromatic rings. The Morgan fingerprint density at radius 2 is 1.53 bits per heavy atom. The first-order valence-corrected chi connectivity index (χ1v) is 6.43. The SMILES string of the molecule is C=C(/C=C\C)N(C)c1ccc(-c2ccccc2)cc1. The van der Waals surface area contributed by atoms with Crippen molar-refractivity contribution < 1.29 is 0 Å². The van der Waals surface area contributed by atoms with Gasteiger partial charge < -0.3 is 4.90 Å². The van der Waals surface area contributed by atoms with Crippen molar-refractivity contribution in [1.29, 1.82) is 0 Å². The second-order valence-corrected chi connectivity index (χ2v) is 4.46. The van der Waals surface area contributed by atoms with Crippen molar-refractivity contribution in [3.05, 3.63) is 79.0 Å². The summed E-state index contributed by atoms with van der Waals surface area (Å²) >= 11 is 0. The molecule has 0 unspecified atom stereocenters. The van der Waals surface area contributed by atoms with E-state index in [1.54, 1.807) is 0 Å². The molecule has 0 heterocycles. The van der Waals surface area contributed by atoms with Crippen LogP contribution >= 0.6 is 0 Å². The zero-order valence-electron chi connectivity index (χ0n) is 11.5. The average Bonchev–Trinajstić information content (AvgIpc) is 2.48. The Bertz CT molecular complexity index is 564. The lowest BCUT2D eigenvalue weighted by atomic mass is 10.1. The molecule has 0 amide bonds. The smallest absolute Gasteiger partial charge is 0.0408 e. The van der Waals surface area contributed by atoms with Crippen LogP contribution in [0.25, 0.3) is 11.1 Å². The molecule has 0 radical (unpaired) electrons. The van der Waals surface area contributed by atoms with Gasteiger partial charge in [-0.15, -0.1) is 0 Å². The molecule has 0 fully saturated rings. The van der Waals surface area contributed by atoms with Gasteiger partial charge in [0.15, 0.2) is 0 Å². The van der Waals surface area contributed by atoms with Crippen molar-refractivity contribution in [2.24, 2.45) is 0 Å². The fourth-order valence-electron chi connectivity index (χ4n) is 1.98. The van der Waals surface area contributed by atoms with Crippen molar-refractivity contribution in [1.82, 2.24) is 0 Å². The largest absolute Gasteiger partial charge is 0.345 e.